The van der Waals surface area contributed by atoms with Crippen LogP contribution in [0, 0.1) is 0 Å². The first-order valence-electron chi connectivity index (χ1n) is 5.83. The van der Waals surface area contributed by atoms with Crippen LogP contribution >= 0.6 is 0 Å². The van der Waals surface area contributed by atoms with Gasteiger partial charge in [0.1, 0.15) is 6.23 Å². The molecule has 0 saturated carbocycles. The van der Waals surface area contributed by atoms with E-state index in [1.54, 1.807) is 0 Å². The summed E-state index contributed by atoms with van der Waals surface area (Å²) < 4.78 is 5.29. The van der Waals surface area contributed by atoms with Crippen LogP contribution in [0.4, 0.5) is 0 Å². The maximum atomic E-state index is 5.78. The summed E-state index contributed by atoms with van der Waals surface area (Å²) in [7, 11) is 0. The number of rotatable bonds is 8. The fourth-order valence-corrected chi connectivity index (χ4v) is 1.21. The molecule has 0 amide bonds. The molecule has 1 atom stereocenters. The van der Waals surface area contributed by atoms with Crippen molar-refractivity contribution >= 4 is 6.21 Å². The molecule has 88 valence electrons. The van der Waals surface area contributed by atoms with Gasteiger partial charge in [0.25, 0.3) is 0 Å². The zero-order chi connectivity index (χ0) is 11.5. The van der Waals surface area contributed by atoms with Crippen molar-refractivity contribution in [1.29, 1.82) is 0 Å². The smallest absolute Gasteiger partial charge is 0.111 e. The molecule has 0 fully saturated rings. The molecule has 0 aromatic heterocycles. The second-order valence-electron chi connectivity index (χ2n) is 3.40. The highest BCUT2D eigenvalue weighted by molar-refractivity contribution is 5.58. The minimum absolute atomic E-state index is 0.230. The quantitative estimate of drug-likeness (QED) is 0.497. The molecule has 2 N–H and O–H groups in total. The van der Waals surface area contributed by atoms with Crippen LogP contribution in [0.15, 0.2) is 16.8 Å². The molecular formula is C12H24N2O. The Morgan fingerprint density at radius 1 is 1.40 bits per heavy atom. The van der Waals surface area contributed by atoms with Crippen LogP contribution in [0.2, 0.25) is 0 Å². The van der Waals surface area contributed by atoms with E-state index in [1.807, 2.05) is 13.1 Å². The van der Waals surface area contributed by atoms with Crippen molar-refractivity contribution in [3.05, 3.63) is 11.8 Å². The highest BCUT2D eigenvalue weighted by Crippen LogP contribution is 2.08. The number of unbranched alkanes of at least 4 members (excludes halogenated alkanes) is 1. The molecule has 0 aliphatic carbocycles. The summed E-state index contributed by atoms with van der Waals surface area (Å²) in [5.41, 5.74) is 6.82. The van der Waals surface area contributed by atoms with Gasteiger partial charge >= 0.3 is 0 Å². The SMILES string of the molecule is CC/C=C(/CC(N)OCC)N=CCCC. The molecule has 0 aliphatic heterocycles. The van der Waals surface area contributed by atoms with Gasteiger partial charge in [-0.15, -0.1) is 0 Å². The third kappa shape index (κ3) is 8.33. The standard InChI is InChI=1S/C12H24N2O/c1-4-7-9-14-11(8-5-2)10-12(13)15-6-3/h8-9,12H,4-7,10,13H2,1-3H3/b11-8-,14-9?. The van der Waals surface area contributed by atoms with E-state index in [0.29, 0.717) is 13.0 Å². The van der Waals surface area contributed by atoms with E-state index in [-0.39, 0.29) is 6.23 Å². The number of nitrogens with two attached hydrogens (primary N) is 1. The molecule has 0 rings (SSSR count). The Balaban J connectivity index is 4.10. The molecule has 0 aromatic rings. The first-order chi connectivity index (χ1) is 7.24. The molecular weight excluding hydrogens is 188 g/mol. The van der Waals surface area contributed by atoms with Crippen LogP contribution in [0.5, 0.6) is 0 Å². The Kier molecular flexibility index (Phi) is 9.43. The highest BCUT2D eigenvalue weighted by atomic mass is 16.5. The van der Waals surface area contributed by atoms with Crippen molar-refractivity contribution < 1.29 is 4.74 Å². The monoisotopic (exact) mass is 212 g/mol. The number of hydrogen-bond donors (Lipinski definition) is 1. The summed E-state index contributed by atoms with van der Waals surface area (Å²) >= 11 is 0. The van der Waals surface area contributed by atoms with Crippen molar-refractivity contribution in [3.8, 4) is 0 Å². The number of ether oxygens (including phenoxy) is 1. The molecule has 0 saturated heterocycles. The number of allylic oxidation sites excluding steroid dienone is 1. The summed E-state index contributed by atoms with van der Waals surface area (Å²) in [6.45, 7) is 6.84. The van der Waals surface area contributed by atoms with Crippen molar-refractivity contribution in [3.63, 3.8) is 0 Å². The molecule has 1 unspecified atom stereocenters. The van der Waals surface area contributed by atoms with Crippen LogP contribution in [-0.2, 0) is 4.74 Å². The molecule has 0 heterocycles. The second kappa shape index (κ2) is 9.87. The lowest BCUT2D eigenvalue weighted by Crippen LogP contribution is -2.24. The maximum absolute atomic E-state index is 5.78. The predicted octanol–water partition coefficient (Wildman–Crippen LogP) is 2.86. The number of aliphatic imine (C=N–C) groups is 1. The molecule has 0 radical (unpaired) electrons. The minimum Gasteiger partial charge on any atom is -0.363 e. The Hall–Kier alpha value is -0.670. The van der Waals surface area contributed by atoms with Crippen LogP contribution in [0.25, 0.3) is 0 Å². The van der Waals surface area contributed by atoms with E-state index in [2.05, 4.69) is 24.9 Å². The summed E-state index contributed by atoms with van der Waals surface area (Å²) in [4.78, 5) is 4.40. The highest BCUT2D eigenvalue weighted by Gasteiger charge is 2.03. The zero-order valence-electron chi connectivity index (χ0n) is 10.2. The first-order valence-corrected chi connectivity index (χ1v) is 5.83. The van der Waals surface area contributed by atoms with Gasteiger partial charge in [0.2, 0.25) is 0 Å². The lowest BCUT2D eigenvalue weighted by molar-refractivity contribution is 0.0679. The number of hydrogen-bond acceptors (Lipinski definition) is 3. The van der Waals surface area contributed by atoms with Crippen molar-refractivity contribution in [2.24, 2.45) is 10.7 Å². The van der Waals surface area contributed by atoms with Gasteiger partial charge in [-0.2, -0.15) is 0 Å². The summed E-state index contributed by atoms with van der Waals surface area (Å²) in [5.74, 6) is 0. The van der Waals surface area contributed by atoms with E-state index in [1.165, 1.54) is 0 Å². The van der Waals surface area contributed by atoms with Crippen molar-refractivity contribution in [1.82, 2.24) is 0 Å². The van der Waals surface area contributed by atoms with Gasteiger partial charge in [-0.25, -0.2) is 0 Å². The van der Waals surface area contributed by atoms with Crippen LogP contribution < -0.4 is 5.73 Å². The predicted molar refractivity (Wildman–Crippen MR) is 66.0 cm³/mol. The first kappa shape index (κ1) is 14.3. The Labute approximate surface area is 93.4 Å². The lowest BCUT2D eigenvalue weighted by Gasteiger charge is -2.11. The lowest BCUT2D eigenvalue weighted by atomic mass is 10.2. The molecule has 3 nitrogen and oxygen atoms in total. The minimum atomic E-state index is -0.230. The topological polar surface area (TPSA) is 47.6 Å². The molecule has 0 aliphatic rings. The Morgan fingerprint density at radius 2 is 2.13 bits per heavy atom. The van der Waals surface area contributed by atoms with Gasteiger partial charge in [0, 0.05) is 24.9 Å². The molecule has 15 heavy (non-hydrogen) atoms. The molecule has 0 spiro atoms. The van der Waals surface area contributed by atoms with Gasteiger partial charge < -0.3 is 10.5 Å². The van der Waals surface area contributed by atoms with Gasteiger partial charge in [-0.1, -0.05) is 26.3 Å². The molecule has 0 bridgehead atoms. The van der Waals surface area contributed by atoms with Crippen molar-refractivity contribution in [2.45, 2.75) is 52.7 Å². The maximum Gasteiger partial charge on any atom is 0.111 e. The number of nitrogens with zero attached hydrogens (tertiary/aromatic N) is 1. The van der Waals surface area contributed by atoms with Crippen LogP contribution in [0.3, 0.4) is 0 Å². The van der Waals surface area contributed by atoms with E-state index >= 15 is 0 Å². The van der Waals surface area contributed by atoms with E-state index in [9.17, 15) is 0 Å². The fourth-order valence-electron chi connectivity index (χ4n) is 1.21. The van der Waals surface area contributed by atoms with Crippen LogP contribution in [0.1, 0.15) is 46.5 Å². The van der Waals surface area contributed by atoms with E-state index in [4.69, 9.17) is 10.5 Å². The Bertz CT molecular complexity index is 200. The van der Waals surface area contributed by atoms with Gasteiger partial charge in [0.15, 0.2) is 0 Å². The third-order valence-electron chi connectivity index (χ3n) is 1.91. The molecule has 3 heteroatoms. The zero-order valence-corrected chi connectivity index (χ0v) is 10.2. The average molecular weight is 212 g/mol. The summed E-state index contributed by atoms with van der Waals surface area (Å²) in [5, 5.41) is 0. The van der Waals surface area contributed by atoms with E-state index in [0.717, 1.165) is 25.0 Å². The normalized spacial score (nSPS) is 14.8. The van der Waals surface area contributed by atoms with E-state index < -0.39 is 0 Å². The molecule has 0 aromatic carbocycles. The largest absolute Gasteiger partial charge is 0.363 e. The van der Waals surface area contributed by atoms with Gasteiger partial charge in [-0.3, -0.25) is 4.99 Å². The Morgan fingerprint density at radius 3 is 2.67 bits per heavy atom. The fraction of sp³-hybridized carbons (Fsp3) is 0.750. The third-order valence-corrected chi connectivity index (χ3v) is 1.91. The van der Waals surface area contributed by atoms with Gasteiger partial charge in [-0.05, 0) is 19.8 Å². The van der Waals surface area contributed by atoms with Gasteiger partial charge in [0.05, 0.1) is 0 Å². The van der Waals surface area contributed by atoms with Crippen molar-refractivity contribution in [2.75, 3.05) is 6.61 Å². The summed E-state index contributed by atoms with van der Waals surface area (Å²) in [6.07, 6.45) is 7.65. The summed E-state index contributed by atoms with van der Waals surface area (Å²) in [6, 6.07) is 0. The second-order valence-corrected chi connectivity index (χ2v) is 3.40. The van der Waals surface area contributed by atoms with Crippen LogP contribution in [-0.4, -0.2) is 19.0 Å². The average Bonchev–Trinajstić information content (AvgIpc) is 2.18.